The van der Waals surface area contributed by atoms with Gasteiger partial charge in [0.25, 0.3) is 5.91 Å². The van der Waals surface area contributed by atoms with Crippen LogP contribution in [0.3, 0.4) is 0 Å². The summed E-state index contributed by atoms with van der Waals surface area (Å²) in [5.41, 5.74) is 1.74. The summed E-state index contributed by atoms with van der Waals surface area (Å²) in [6.07, 6.45) is -2.29. The standard InChI is InChI=1S/C20H27N7O8S2/c1-11(28)23-18-25-14(15(36-18)16(29)21-9-10-22-37(2,34)35)8-5-12-3-6-13(7-4-12)24-17(26-19(30)31)27-20(32)33/h3-4,6-7,17,22,24,26-27H,5,8-10H2,1-2H3,(H,21,29)(H,30,31)(H,32,33)(H,23,25,28). The van der Waals surface area contributed by atoms with Crippen molar-refractivity contribution in [1.29, 1.82) is 0 Å². The SMILES string of the molecule is CC(=O)Nc1nc(CCc2ccc(NC(NC(=O)O)NC(=O)O)cc2)c(C(=O)NCCNS(C)(=O)=O)s1. The minimum Gasteiger partial charge on any atom is -0.465 e. The zero-order chi connectivity index (χ0) is 27.6. The zero-order valence-electron chi connectivity index (χ0n) is 19.8. The number of aryl methyl sites for hydroxylation is 2. The van der Waals surface area contributed by atoms with Gasteiger partial charge in [0.05, 0.1) is 11.9 Å². The summed E-state index contributed by atoms with van der Waals surface area (Å²) in [6.45, 7) is 1.39. The molecule has 4 amide bonds. The molecule has 2 rings (SSSR count). The van der Waals surface area contributed by atoms with Crippen LogP contribution in [0.2, 0.25) is 0 Å². The second-order valence-electron chi connectivity index (χ2n) is 7.57. The molecule has 202 valence electrons. The molecule has 15 nitrogen and oxygen atoms in total. The first-order chi connectivity index (χ1) is 17.3. The summed E-state index contributed by atoms with van der Waals surface area (Å²) in [5.74, 6) is -0.803. The number of carbonyl (C=O) groups excluding carboxylic acids is 2. The van der Waals surface area contributed by atoms with E-state index in [4.69, 9.17) is 10.2 Å². The van der Waals surface area contributed by atoms with Crippen molar-refractivity contribution in [2.24, 2.45) is 0 Å². The van der Waals surface area contributed by atoms with Gasteiger partial charge in [-0.3, -0.25) is 20.2 Å². The lowest BCUT2D eigenvalue weighted by Gasteiger charge is -2.19. The molecule has 0 saturated heterocycles. The average molecular weight is 558 g/mol. The van der Waals surface area contributed by atoms with Crippen molar-refractivity contribution >= 4 is 56.2 Å². The Bertz CT molecular complexity index is 1220. The molecule has 37 heavy (non-hydrogen) atoms. The Balaban J connectivity index is 2.05. The number of thiazole rings is 1. The minimum atomic E-state index is -3.39. The number of sulfonamides is 1. The molecule has 0 aliphatic rings. The first-order valence-corrected chi connectivity index (χ1v) is 13.4. The van der Waals surface area contributed by atoms with Crippen molar-refractivity contribution < 1.29 is 37.8 Å². The van der Waals surface area contributed by atoms with E-state index >= 15 is 0 Å². The van der Waals surface area contributed by atoms with E-state index in [1.807, 2.05) is 10.6 Å². The van der Waals surface area contributed by atoms with Gasteiger partial charge in [0.1, 0.15) is 4.88 Å². The Morgan fingerprint density at radius 1 is 1.00 bits per heavy atom. The molecule has 1 aromatic carbocycles. The third kappa shape index (κ3) is 11.1. The molecule has 2 aromatic rings. The van der Waals surface area contributed by atoms with Crippen LogP contribution in [0.15, 0.2) is 24.3 Å². The maximum Gasteiger partial charge on any atom is 0.407 e. The van der Waals surface area contributed by atoms with Crippen LogP contribution in [0, 0.1) is 0 Å². The molecule has 0 aliphatic heterocycles. The number of carboxylic acid groups (broad SMARTS) is 2. The zero-order valence-corrected chi connectivity index (χ0v) is 21.5. The molecule has 0 aliphatic carbocycles. The van der Waals surface area contributed by atoms with Crippen LogP contribution < -0.4 is 31.3 Å². The molecule has 8 N–H and O–H groups in total. The van der Waals surface area contributed by atoms with Gasteiger partial charge in [-0.15, -0.1) is 0 Å². The topological polar surface area (TPSA) is 228 Å². The summed E-state index contributed by atoms with van der Waals surface area (Å²) in [6, 6.07) is 6.72. The van der Waals surface area contributed by atoms with Gasteiger partial charge in [-0.1, -0.05) is 23.5 Å². The van der Waals surface area contributed by atoms with Gasteiger partial charge in [-0.25, -0.2) is 27.7 Å². The van der Waals surface area contributed by atoms with E-state index in [2.05, 4.69) is 25.7 Å². The minimum absolute atomic E-state index is 0.0163. The molecule has 0 unspecified atom stereocenters. The summed E-state index contributed by atoms with van der Waals surface area (Å²) < 4.78 is 24.6. The second kappa shape index (κ2) is 13.4. The second-order valence-corrected chi connectivity index (χ2v) is 10.4. The van der Waals surface area contributed by atoms with Crippen molar-refractivity contribution in [2.75, 3.05) is 30.0 Å². The first kappa shape index (κ1) is 29.3. The van der Waals surface area contributed by atoms with Crippen molar-refractivity contribution in [3.63, 3.8) is 0 Å². The van der Waals surface area contributed by atoms with E-state index in [0.29, 0.717) is 24.2 Å². The Kier molecular flexibility index (Phi) is 10.6. The van der Waals surface area contributed by atoms with Crippen molar-refractivity contribution in [3.8, 4) is 0 Å². The summed E-state index contributed by atoms with van der Waals surface area (Å²) >= 11 is 1.000. The fourth-order valence-corrected chi connectivity index (χ4v) is 4.39. The van der Waals surface area contributed by atoms with Gasteiger partial charge in [-0.05, 0) is 30.5 Å². The maximum atomic E-state index is 12.7. The lowest BCUT2D eigenvalue weighted by molar-refractivity contribution is -0.114. The van der Waals surface area contributed by atoms with E-state index in [0.717, 1.165) is 23.2 Å². The van der Waals surface area contributed by atoms with Crippen LogP contribution >= 0.6 is 11.3 Å². The Labute approximate surface area is 216 Å². The molecule has 1 aromatic heterocycles. The summed E-state index contributed by atoms with van der Waals surface area (Å²) in [4.78, 5) is 50.4. The third-order valence-electron chi connectivity index (χ3n) is 4.41. The first-order valence-electron chi connectivity index (χ1n) is 10.7. The van der Waals surface area contributed by atoms with Gasteiger partial charge in [0, 0.05) is 25.7 Å². The van der Waals surface area contributed by atoms with E-state index in [1.165, 1.54) is 6.92 Å². The van der Waals surface area contributed by atoms with Crippen molar-refractivity contribution in [2.45, 2.75) is 26.1 Å². The number of hydrogen-bond donors (Lipinski definition) is 8. The summed E-state index contributed by atoms with van der Waals surface area (Å²) in [5, 5.41) is 29.7. The predicted molar refractivity (Wildman–Crippen MR) is 135 cm³/mol. The Morgan fingerprint density at radius 3 is 2.16 bits per heavy atom. The average Bonchev–Trinajstić information content (AvgIpc) is 3.16. The van der Waals surface area contributed by atoms with Crippen LogP contribution in [0.1, 0.15) is 27.9 Å². The van der Waals surface area contributed by atoms with Gasteiger partial charge >= 0.3 is 12.2 Å². The van der Waals surface area contributed by atoms with E-state index in [9.17, 15) is 27.6 Å². The largest absolute Gasteiger partial charge is 0.465 e. The molecule has 0 radical (unpaired) electrons. The molecule has 0 spiro atoms. The molecular weight excluding hydrogens is 530 g/mol. The highest BCUT2D eigenvalue weighted by atomic mass is 32.2. The van der Waals surface area contributed by atoms with Crippen molar-refractivity contribution in [1.82, 2.24) is 25.7 Å². The highest BCUT2D eigenvalue weighted by Gasteiger charge is 2.19. The number of aromatic nitrogens is 1. The lowest BCUT2D eigenvalue weighted by atomic mass is 10.1. The highest BCUT2D eigenvalue weighted by Crippen LogP contribution is 2.25. The van der Waals surface area contributed by atoms with Gasteiger partial charge < -0.3 is 26.2 Å². The number of rotatable bonds is 13. The van der Waals surface area contributed by atoms with Crippen LogP contribution in [0.4, 0.5) is 20.4 Å². The van der Waals surface area contributed by atoms with Crippen LogP contribution in [0.25, 0.3) is 0 Å². The monoisotopic (exact) mass is 557 g/mol. The fraction of sp³-hybridized carbons (Fsp3) is 0.350. The quantitative estimate of drug-likeness (QED) is 0.125. The fourth-order valence-electron chi connectivity index (χ4n) is 2.95. The third-order valence-corrected chi connectivity index (χ3v) is 6.15. The Hall–Kier alpha value is -3.96. The smallest absolute Gasteiger partial charge is 0.407 e. The molecule has 17 heteroatoms. The predicted octanol–water partition coefficient (Wildman–Crippen LogP) is 0.396. The molecular formula is C20H27N7O8S2. The number of carbonyl (C=O) groups is 4. The molecule has 0 fully saturated rings. The van der Waals surface area contributed by atoms with Gasteiger partial charge in [0.15, 0.2) is 11.4 Å². The molecule has 0 bridgehead atoms. The molecule has 1 heterocycles. The maximum absolute atomic E-state index is 12.7. The Morgan fingerprint density at radius 2 is 1.62 bits per heavy atom. The number of hydrogen-bond acceptors (Lipinski definition) is 9. The van der Waals surface area contributed by atoms with Crippen LogP contribution in [-0.4, -0.2) is 73.3 Å². The number of nitrogens with one attached hydrogen (secondary N) is 6. The highest BCUT2D eigenvalue weighted by molar-refractivity contribution is 7.88. The van der Waals surface area contributed by atoms with Gasteiger partial charge in [0.2, 0.25) is 15.9 Å². The van der Waals surface area contributed by atoms with Crippen LogP contribution in [-0.2, 0) is 27.7 Å². The van der Waals surface area contributed by atoms with E-state index in [1.54, 1.807) is 24.3 Å². The van der Waals surface area contributed by atoms with E-state index < -0.39 is 34.4 Å². The molecule has 0 saturated carbocycles. The summed E-state index contributed by atoms with van der Waals surface area (Å²) in [7, 11) is -3.39. The van der Waals surface area contributed by atoms with E-state index in [-0.39, 0.29) is 29.0 Å². The molecule has 0 atom stereocenters. The van der Waals surface area contributed by atoms with Crippen LogP contribution in [0.5, 0.6) is 0 Å². The number of nitrogens with zero attached hydrogens (tertiary/aromatic N) is 1. The number of amides is 4. The lowest BCUT2D eigenvalue weighted by Crippen LogP contribution is -2.52. The van der Waals surface area contributed by atoms with Crippen molar-refractivity contribution in [3.05, 3.63) is 40.4 Å². The van der Waals surface area contributed by atoms with Gasteiger partial charge in [-0.2, -0.15) is 0 Å². The normalized spacial score (nSPS) is 11.0. The number of benzene rings is 1. The number of anilines is 2.